The number of rotatable bonds is 8. The van der Waals surface area contributed by atoms with Crippen LogP contribution < -0.4 is 18.5 Å². The smallest absolute Gasteiger partial charge is 0.274 e. The summed E-state index contributed by atoms with van der Waals surface area (Å²) in [5, 5.41) is 0. The molecular formula is C29H32N4O7S. The Morgan fingerprint density at radius 2 is 1.73 bits per heavy atom. The maximum absolute atomic E-state index is 15.1. The molecule has 0 saturated carbocycles. The molecule has 3 heterocycles. The summed E-state index contributed by atoms with van der Waals surface area (Å²) < 4.78 is 46.0. The molecule has 0 N–H and O–H groups in total. The Morgan fingerprint density at radius 3 is 2.41 bits per heavy atom. The number of amides is 2. The number of ether oxygens (including phenoxy) is 3. The van der Waals surface area contributed by atoms with Crippen LogP contribution in [-0.4, -0.2) is 83.0 Å². The van der Waals surface area contributed by atoms with E-state index in [1.54, 1.807) is 55.4 Å². The zero-order valence-electron chi connectivity index (χ0n) is 23.5. The second-order valence-corrected chi connectivity index (χ2v) is 11.7. The number of fused-ring (bicyclic) bond motifs is 1. The van der Waals surface area contributed by atoms with E-state index in [1.165, 1.54) is 50.6 Å². The molecule has 1 aromatic heterocycles. The highest BCUT2D eigenvalue weighted by Gasteiger charge is 2.63. The number of anilines is 1. The first kappa shape index (κ1) is 28.4. The molecule has 1 unspecified atom stereocenters. The van der Waals surface area contributed by atoms with Gasteiger partial charge in [0.1, 0.15) is 16.4 Å². The molecule has 0 bridgehead atoms. The molecule has 12 heteroatoms. The van der Waals surface area contributed by atoms with Gasteiger partial charge in [-0.3, -0.25) is 14.5 Å². The number of benzene rings is 2. The van der Waals surface area contributed by atoms with Crippen LogP contribution in [0.4, 0.5) is 5.69 Å². The van der Waals surface area contributed by atoms with E-state index < -0.39 is 27.5 Å². The minimum absolute atomic E-state index is 0.0212. The van der Waals surface area contributed by atoms with Crippen molar-refractivity contribution < 1.29 is 32.2 Å². The first-order valence-electron chi connectivity index (χ1n) is 13.0. The van der Waals surface area contributed by atoms with Crippen molar-refractivity contribution in [2.45, 2.75) is 29.3 Å². The van der Waals surface area contributed by atoms with Gasteiger partial charge in [0.25, 0.3) is 15.9 Å². The van der Waals surface area contributed by atoms with Crippen molar-refractivity contribution >= 4 is 27.5 Å². The van der Waals surface area contributed by atoms with E-state index in [9.17, 15) is 13.2 Å². The average Bonchev–Trinajstić information content (AvgIpc) is 3.57. The summed E-state index contributed by atoms with van der Waals surface area (Å²) in [6.45, 7) is 0.363. The number of hydrogen-bond donors (Lipinski definition) is 0. The predicted octanol–water partition coefficient (Wildman–Crippen LogP) is 2.64. The lowest BCUT2D eigenvalue weighted by Gasteiger charge is -2.41. The lowest BCUT2D eigenvalue weighted by Crippen LogP contribution is -2.59. The summed E-state index contributed by atoms with van der Waals surface area (Å²) in [5.74, 6) is -0.382. The molecular weight excluding hydrogens is 548 g/mol. The second-order valence-electron chi connectivity index (χ2n) is 9.96. The SMILES string of the molecule is COc1ccc(S(=O)(=O)N2C(=O)[C@](c3cccnc3OC)(N3CCCC3C(=O)N(C)C)c3ccccc32)c(OC)c1. The van der Waals surface area contributed by atoms with Gasteiger partial charge in [-0.15, -0.1) is 0 Å². The van der Waals surface area contributed by atoms with Gasteiger partial charge in [-0.1, -0.05) is 18.2 Å². The quantitative estimate of drug-likeness (QED) is 0.396. The van der Waals surface area contributed by atoms with Crippen molar-refractivity contribution in [3.63, 3.8) is 0 Å². The molecule has 2 atom stereocenters. The fourth-order valence-corrected chi connectivity index (χ4v) is 7.50. The van der Waals surface area contributed by atoms with Gasteiger partial charge in [-0.25, -0.2) is 17.7 Å². The summed E-state index contributed by atoms with van der Waals surface area (Å²) in [4.78, 5) is 36.0. The van der Waals surface area contributed by atoms with Crippen molar-refractivity contribution in [2.75, 3.05) is 46.3 Å². The number of likely N-dealkylation sites (tertiary alicyclic amines) is 1. The Labute approximate surface area is 239 Å². The Bertz CT molecular complexity index is 1610. The molecule has 0 aliphatic carbocycles. The maximum Gasteiger partial charge on any atom is 0.274 e. The lowest BCUT2D eigenvalue weighted by atomic mass is 9.81. The van der Waals surface area contributed by atoms with E-state index in [-0.39, 0.29) is 28.1 Å². The second kappa shape index (κ2) is 10.7. The van der Waals surface area contributed by atoms with E-state index in [2.05, 4.69) is 4.98 Å². The van der Waals surface area contributed by atoms with Crippen LogP contribution in [0.1, 0.15) is 24.0 Å². The molecule has 41 heavy (non-hydrogen) atoms. The van der Waals surface area contributed by atoms with Crippen LogP contribution in [-0.2, 0) is 25.2 Å². The molecule has 3 aromatic rings. The fraction of sp³-hybridized carbons (Fsp3) is 0.345. The molecule has 2 amide bonds. The number of likely N-dealkylation sites (N-methyl/N-ethyl adjacent to an activating group) is 1. The molecule has 11 nitrogen and oxygen atoms in total. The van der Waals surface area contributed by atoms with Crippen molar-refractivity contribution in [1.82, 2.24) is 14.8 Å². The molecule has 1 saturated heterocycles. The van der Waals surface area contributed by atoms with Crippen molar-refractivity contribution in [3.8, 4) is 17.4 Å². The number of hydrogen-bond acceptors (Lipinski definition) is 9. The van der Waals surface area contributed by atoms with Gasteiger partial charge in [0.15, 0.2) is 5.54 Å². The molecule has 2 aromatic carbocycles. The van der Waals surface area contributed by atoms with Gasteiger partial charge in [0.2, 0.25) is 11.8 Å². The number of sulfonamides is 1. The summed E-state index contributed by atoms with van der Waals surface area (Å²) in [5.41, 5.74) is -0.802. The molecule has 1 fully saturated rings. The number of carbonyl (C=O) groups excluding carboxylic acids is 2. The third-order valence-electron chi connectivity index (χ3n) is 7.66. The Balaban J connectivity index is 1.82. The molecule has 0 spiro atoms. The van der Waals surface area contributed by atoms with Crippen LogP contribution in [0.15, 0.2) is 65.7 Å². The zero-order chi connectivity index (χ0) is 29.5. The summed E-state index contributed by atoms with van der Waals surface area (Å²) in [6.07, 6.45) is 2.66. The van der Waals surface area contributed by atoms with Crippen molar-refractivity contribution in [2.24, 2.45) is 0 Å². The maximum atomic E-state index is 15.1. The van der Waals surface area contributed by atoms with Crippen LogP contribution in [0, 0.1) is 0 Å². The predicted molar refractivity (Wildman–Crippen MR) is 151 cm³/mol. The first-order valence-corrected chi connectivity index (χ1v) is 14.5. The van der Waals surface area contributed by atoms with Crippen LogP contribution in [0.5, 0.6) is 17.4 Å². The summed E-state index contributed by atoms with van der Waals surface area (Å²) in [6, 6.07) is 13.7. The highest BCUT2D eigenvalue weighted by atomic mass is 32.2. The van der Waals surface area contributed by atoms with Crippen LogP contribution in [0.3, 0.4) is 0 Å². The Morgan fingerprint density at radius 1 is 1.00 bits per heavy atom. The van der Waals surface area contributed by atoms with Gasteiger partial charge in [0, 0.05) is 44.0 Å². The van der Waals surface area contributed by atoms with E-state index in [4.69, 9.17) is 14.2 Å². The van der Waals surface area contributed by atoms with Crippen LogP contribution >= 0.6 is 0 Å². The van der Waals surface area contributed by atoms with Crippen molar-refractivity contribution in [1.29, 1.82) is 0 Å². The number of methoxy groups -OCH3 is 3. The Hall–Kier alpha value is -4.16. The van der Waals surface area contributed by atoms with Gasteiger partial charge in [-0.05, 0) is 43.2 Å². The van der Waals surface area contributed by atoms with Gasteiger partial charge in [0.05, 0.1) is 33.1 Å². The largest absolute Gasteiger partial charge is 0.497 e. The summed E-state index contributed by atoms with van der Waals surface area (Å²) in [7, 11) is 3.03. The standard InChI is InChI=1S/C29H32N4O7S/c1-31(2)27(34)23-13-9-17-32(23)29(21-11-8-16-30-26(21)40-5)20-10-6-7-12-22(20)33(28(29)35)41(36,37)25-15-14-19(38-3)18-24(25)39-4/h6-8,10-12,14-16,18,23H,9,13,17H2,1-5H3/t23?,29-/m0/s1. The third kappa shape index (κ3) is 4.20. The molecule has 2 aliphatic rings. The number of pyridine rings is 1. The van der Waals surface area contributed by atoms with Crippen LogP contribution in [0.25, 0.3) is 0 Å². The first-order chi connectivity index (χ1) is 19.6. The average molecular weight is 581 g/mol. The minimum Gasteiger partial charge on any atom is -0.497 e. The molecule has 0 radical (unpaired) electrons. The van der Waals surface area contributed by atoms with Crippen molar-refractivity contribution in [3.05, 3.63) is 71.9 Å². The highest BCUT2D eigenvalue weighted by Crippen LogP contribution is 2.54. The lowest BCUT2D eigenvalue weighted by molar-refractivity contribution is -0.138. The third-order valence-corrected chi connectivity index (χ3v) is 9.40. The number of nitrogens with zero attached hydrogens (tertiary/aromatic N) is 4. The number of carbonyl (C=O) groups is 2. The number of para-hydroxylation sites is 1. The molecule has 5 rings (SSSR count). The van der Waals surface area contributed by atoms with Gasteiger partial charge >= 0.3 is 0 Å². The van der Waals surface area contributed by atoms with E-state index in [0.29, 0.717) is 36.3 Å². The zero-order valence-corrected chi connectivity index (χ0v) is 24.3. The molecule has 216 valence electrons. The van der Waals surface area contributed by atoms with E-state index in [1.807, 2.05) is 0 Å². The van der Waals surface area contributed by atoms with E-state index >= 15 is 4.79 Å². The van der Waals surface area contributed by atoms with Crippen LogP contribution in [0.2, 0.25) is 0 Å². The summed E-state index contributed by atoms with van der Waals surface area (Å²) >= 11 is 0. The monoisotopic (exact) mass is 580 g/mol. The topological polar surface area (TPSA) is 119 Å². The fourth-order valence-electron chi connectivity index (χ4n) is 5.90. The van der Waals surface area contributed by atoms with Gasteiger partial charge < -0.3 is 19.1 Å². The highest BCUT2D eigenvalue weighted by molar-refractivity contribution is 7.93. The minimum atomic E-state index is -4.53. The Kier molecular flexibility index (Phi) is 7.39. The van der Waals surface area contributed by atoms with E-state index in [0.717, 1.165) is 4.31 Å². The van der Waals surface area contributed by atoms with Gasteiger partial charge in [-0.2, -0.15) is 0 Å². The number of aromatic nitrogens is 1. The normalized spacial score (nSPS) is 20.6. The molecule has 2 aliphatic heterocycles.